The van der Waals surface area contributed by atoms with Gasteiger partial charge in [-0.25, -0.2) is 0 Å². The summed E-state index contributed by atoms with van der Waals surface area (Å²) in [4.78, 5) is 2.56. The van der Waals surface area contributed by atoms with E-state index in [4.69, 9.17) is 0 Å². The van der Waals surface area contributed by atoms with E-state index in [1.54, 1.807) is 0 Å². The van der Waals surface area contributed by atoms with Crippen molar-refractivity contribution in [2.24, 2.45) is 0 Å². The van der Waals surface area contributed by atoms with Crippen LogP contribution in [0.15, 0.2) is 97.6 Å². The number of hydrogen-bond acceptors (Lipinski definition) is 1. The summed E-state index contributed by atoms with van der Waals surface area (Å²) in [5.41, 5.74) is 6.66. The summed E-state index contributed by atoms with van der Waals surface area (Å²) in [5, 5.41) is 0. The number of rotatable bonds is 6. The van der Waals surface area contributed by atoms with Gasteiger partial charge in [0, 0.05) is 12.2 Å². The zero-order chi connectivity index (χ0) is 18.5. The van der Waals surface area contributed by atoms with Crippen molar-refractivity contribution in [3.8, 4) is 0 Å². The zero-order valence-electron chi connectivity index (χ0n) is 15.6. The standard InChI is InChI=1S/C26H25N/c1-2-11-25-24-17-10-9-16-23(24)20-26(22-14-7-4-8-15-22)27(25)19-18-21-12-5-3-6-13-21/h2-10,12-17,20,25H,1,11,18-19H2. The molecule has 1 heterocycles. The van der Waals surface area contributed by atoms with E-state index < -0.39 is 0 Å². The van der Waals surface area contributed by atoms with Gasteiger partial charge in [-0.1, -0.05) is 91.0 Å². The number of hydrogen-bond donors (Lipinski definition) is 0. The smallest absolute Gasteiger partial charge is 0.0582 e. The molecular formula is C26H25N. The summed E-state index contributed by atoms with van der Waals surface area (Å²) in [7, 11) is 0. The van der Waals surface area contributed by atoms with Gasteiger partial charge in [-0.3, -0.25) is 0 Å². The Morgan fingerprint density at radius 2 is 1.48 bits per heavy atom. The summed E-state index contributed by atoms with van der Waals surface area (Å²) in [5.74, 6) is 0. The van der Waals surface area contributed by atoms with Crippen LogP contribution in [0.25, 0.3) is 11.8 Å². The molecule has 0 amide bonds. The van der Waals surface area contributed by atoms with Crippen LogP contribution in [0.3, 0.4) is 0 Å². The largest absolute Gasteiger partial charge is 0.363 e. The van der Waals surface area contributed by atoms with Gasteiger partial charge in [-0.15, -0.1) is 6.58 Å². The Hall–Kier alpha value is -3.06. The normalized spacial score (nSPS) is 15.8. The van der Waals surface area contributed by atoms with Gasteiger partial charge in [0.1, 0.15) is 0 Å². The molecule has 0 N–H and O–H groups in total. The van der Waals surface area contributed by atoms with Crippen LogP contribution in [0.4, 0.5) is 0 Å². The van der Waals surface area contributed by atoms with Crippen LogP contribution in [-0.2, 0) is 6.42 Å². The molecule has 0 aromatic heterocycles. The van der Waals surface area contributed by atoms with E-state index in [1.807, 2.05) is 6.08 Å². The molecule has 0 bridgehead atoms. The van der Waals surface area contributed by atoms with Crippen LogP contribution >= 0.6 is 0 Å². The van der Waals surface area contributed by atoms with Crippen molar-refractivity contribution in [2.45, 2.75) is 18.9 Å². The molecule has 1 heteroatoms. The van der Waals surface area contributed by atoms with Crippen molar-refractivity contribution < 1.29 is 0 Å². The summed E-state index contributed by atoms with van der Waals surface area (Å²) >= 11 is 0. The molecule has 3 aromatic rings. The molecule has 1 aliphatic heterocycles. The molecular weight excluding hydrogens is 326 g/mol. The van der Waals surface area contributed by atoms with Gasteiger partial charge < -0.3 is 4.90 Å². The van der Waals surface area contributed by atoms with Gasteiger partial charge in [0.05, 0.1) is 6.04 Å². The minimum Gasteiger partial charge on any atom is -0.363 e. The van der Waals surface area contributed by atoms with E-state index in [9.17, 15) is 0 Å². The van der Waals surface area contributed by atoms with Crippen LogP contribution in [0.5, 0.6) is 0 Å². The maximum absolute atomic E-state index is 4.03. The molecule has 0 fully saturated rings. The topological polar surface area (TPSA) is 3.24 Å². The van der Waals surface area contributed by atoms with Crippen molar-refractivity contribution in [3.63, 3.8) is 0 Å². The Balaban J connectivity index is 1.74. The Kier molecular flexibility index (Phi) is 5.20. The van der Waals surface area contributed by atoms with Crippen molar-refractivity contribution in [1.29, 1.82) is 0 Å². The van der Waals surface area contributed by atoms with Crippen molar-refractivity contribution >= 4 is 11.8 Å². The second-order valence-electron chi connectivity index (χ2n) is 6.99. The Labute approximate surface area is 162 Å². The van der Waals surface area contributed by atoms with E-state index in [-0.39, 0.29) is 0 Å². The first-order valence-electron chi connectivity index (χ1n) is 9.64. The summed E-state index contributed by atoms with van der Waals surface area (Å²) in [6, 6.07) is 30.6. The van der Waals surface area contributed by atoms with E-state index in [1.165, 1.54) is 28.0 Å². The highest BCUT2D eigenvalue weighted by molar-refractivity contribution is 5.83. The molecule has 1 atom stereocenters. The Morgan fingerprint density at radius 1 is 0.815 bits per heavy atom. The molecule has 4 rings (SSSR count). The SMILES string of the molecule is C=CCC1c2ccccc2C=C(c2ccccc2)N1CCc1ccccc1. The maximum Gasteiger partial charge on any atom is 0.0582 e. The lowest BCUT2D eigenvalue weighted by atomic mass is 9.89. The highest BCUT2D eigenvalue weighted by Crippen LogP contribution is 2.40. The molecule has 0 saturated carbocycles. The third-order valence-electron chi connectivity index (χ3n) is 5.28. The van der Waals surface area contributed by atoms with Gasteiger partial charge in [0.2, 0.25) is 0 Å². The lowest BCUT2D eigenvalue weighted by Crippen LogP contribution is -2.32. The first kappa shape index (κ1) is 17.4. The van der Waals surface area contributed by atoms with Gasteiger partial charge >= 0.3 is 0 Å². The summed E-state index contributed by atoms with van der Waals surface area (Å²) < 4.78 is 0. The monoisotopic (exact) mass is 351 g/mol. The van der Waals surface area contributed by atoms with Crippen molar-refractivity contribution in [2.75, 3.05) is 6.54 Å². The number of nitrogens with zero attached hydrogens (tertiary/aromatic N) is 1. The highest BCUT2D eigenvalue weighted by atomic mass is 15.2. The van der Waals surface area contributed by atoms with Gasteiger partial charge in [0.15, 0.2) is 0 Å². The van der Waals surface area contributed by atoms with Crippen molar-refractivity contribution in [3.05, 3.63) is 120 Å². The quantitative estimate of drug-likeness (QED) is 0.467. The van der Waals surface area contributed by atoms with Crippen LogP contribution in [0.2, 0.25) is 0 Å². The lowest BCUT2D eigenvalue weighted by Gasteiger charge is -2.39. The predicted octanol–water partition coefficient (Wildman–Crippen LogP) is 6.36. The molecule has 27 heavy (non-hydrogen) atoms. The number of benzene rings is 3. The molecule has 1 nitrogen and oxygen atoms in total. The van der Waals surface area contributed by atoms with Crippen LogP contribution < -0.4 is 0 Å². The Bertz CT molecular complexity index is 925. The van der Waals surface area contributed by atoms with Crippen LogP contribution in [0.1, 0.15) is 34.7 Å². The summed E-state index contributed by atoms with van der Waals surface area (Å²) in [6.07, 6.45) is 6.36. The first-order chi connectivity index (χ1) is 13.4. The second kappa shape index (κ2) is 8.09. The molecule has 0 radical (unpaired) electrons. The number of fused-ring (bicyclic) bond motifs is 1. The fourth-order valence-corrected chi connectivity index (χ4v) is 3.95. The highest BCUT2D eigenvalue weighted by Gasteiger charge is 2.27. The molecule has 0 spiro atoms. The summed E-state index contributed by atoms with van der Waals surface area (Å²) in [6.45, 7) is 5.02. The molecule has 134 valence electrons. The minimum atomic E-state index is 0.322. The maximum atomic E-state index is 4.03. The molecule has 0 aliphatic carbocycles. The van der Waals surface area contributed by atoms with Gasteiger partial charge in [0.25, 0.3) is 0 Å². The average Bonchev–Trinajstić information content (AvgIpc) is 2.74. The Morgan fingerprint density at radius 3 is 2.22 bits per heavy atom. The molecule has 0 saturated heterocycles. The zero-order valence-corrected chi connectivity index (χ0v) is 15.6. The average molecular weight is 351 g/mol. The van der Waals surface area contributed by atoms with Crippen LogP contribution in [-0.4, -0.2) is 11.4 Å². The fourth-order valence-electron chi connectivity index (χ4n) is 3.95. The third kappa shape index (κ3) is 3.73. The molecule has 1 aliphatic rings. The van der Waals surface area contributed by atoms with Crippen LogP contribution in [0, 0.1) is 0 Å². The fraction of sp³-hybridized carbons (Fsp3) is 0.154. The minimum absolute atomic E-state index is 0.322. The van der Waals surface area contributed by atoms with Gasteiger partial charge in [-0.2, -0.15) is 0 Å². The lowest BCUT2D eigenvalue weighted by molar-refractivity contribution is 0.300. The third-order valence-corrected chi connectivity index (χ3v) is 5.28. The van der Waals surface area contributed by atoms with Gasteiger partial charge in [-0.05, 0) is 41.2 Å². The molecule has 1 unspecified atom stereocenters. The molecule has 3 aromatic carbocycles. The predicted molar refractivity (Wildman–Crippen MR) is 115 cm³/mol. The van der Waals surface area contributed by atoms with E-state index in [2.05, 4.69) is 102 Å². The second-order valence-corrected chi connectivity index (χ2v) is 6.99. The van der Waals surface area contributed by atoms with Crippen molar-refractivity contribution in [1.82, 2.24) is 4.90 Å². The first-order valence-corrected chi connectivity index (χ1v) is 9.64. The van der Waals surface area contributed by atoms with E-state index in [0.29, 0.717) is 6.04 Å². The van der Waals surface area contributed by atoms with E-state index >= 15 is 0 Å². The van der Waals surface area contributed by atoms with E-state index in [0.717, 1.165) is 19.4 Å².